The van der Waals surface area contributed by atoms with E-state index in [1.165, 1.54) is 6.20 Å². The van der Waals surface area contributed by atoms with E-state index in [1.807, 2.05) is 0 Å². The fraction of sp³-hybridized carbons (Fsp3) is 0.500. The molecule has 1 aliphatic rings. The molecule has 1 saturated carbocycles. The van der Waals surface area contributed by atoms with Crippen LogP contribution < -0.4 is 10.0 Å². The average Bonchev–Trinajstić information content (AvgIpc) is 2.94. The van der Waals surface area contributed by atoms with Crippen LogP contribution in [0.15, 0.2) is 22.1 Å². The maximum atomic E-state index is 12.2. The Hall–Kier alpha value is -1.78. The highest BCUT2D eigenvalue weighted by Gasteiger charge is 2.24. The number of H-pyrrole nitrogens is 1. The lowest BCUT2D eigenvalue weighted by Gasteiger charge is -2.06. The van der Waals surface area contributed by atoms with Gasteiger partial charge in [0.2, 0.25) is 6.39 Å². The summed E-state index contributed by atoms with van der Waals surface area (Å²) in [5.41, 5.74) is 0.609. The molecule has 0 bridgehead atoms. The van der Waals surface area contributed by atoms with Crippen LogP contribution in [-0.2, 0) is 23.1 Å². The van der Waals surface area contributed by atoms with E-state index in [2.05, 4.69) is 34.9 Å². The summed E-state index contributed by atoms with van der Waals surface area (Å²) in [5.74, 6) is 0.269. The molecule has 9 nitrogen and oxygen atoms in total. The summed E-state index contributed by atoms with van der Waals surface area (Å²) < 4.78 is 31.3. The Bertz CT molecular complexity index is 661. The topological polar surface area (TPSA) is 126 Å². The van der Waals surface area contributed by atoms with Gasteiger partial charge in [-0.15, -0.1) is 0 Å². The van der Waals surface area contributed by atoms with Crippen LogP contribution in [0, 0.1) is 0 Å². The first-order chi connectivity index (χ1) is 9.65. The molecule has 2 heterocycles. The van der Waals surface area contributed by atoms with E-state index in [-0.39, 0.29) is 17.4 Å². The number of nitrogens with one attached hydrogen (secondary N) is 3. The van der Waals surface area contributed by atoms with Crippen molar-refractivity contribution in [3.05, 3.63) is 24.0 Å². The predicted octanol–water partition coefficient (Wildman–Crippen LogP) is -0.477. The van der Waals surface area contributed by atoms with E-state index >= 15 is 0 Å². The predicted molar refractivity (Wildman–Crippen MR) is 66.8 cm³/mol. The van der Waals surface area contributed by atoms with E-state index in [0.29, 0.717) is 18.2 Å². The number of hydrogen-bond acceptors (Lipinski definition) is 7. The lowest BCUT2D eigenvalue weighted by molar-refractivity contribution is 0.409. The molecule has 0 saturated heterocycles. The molecule has 1 aliphatic carbocycles. The van der Waals surface area contributed by atoms with Gasteiger partial charge >= 0.3 is 0 Å². The van der Waals surface area contributed by atoms with Crippen LogP contribution in [0.2, 0.25) is 0 Å². The van der Waals surface area contributed by atoms with Crippen molar-refractivity contribution in [1.29, 1.82) is 0 Å². The van der Waals surface area contributed by atoms with Gasteiger partial charge in [0.05, 0.1) is 12.7 Å². The van der Waals surface area contributed by atoms with Crippen molar-refractivity contribution in [2.75, 3.05) is 0 Å². The molecule has 0 radical (unpaired) electrons. The Labute approximate surface area is 115 Å². The Balaban J connectivity index is 1.68. The van der Waals surface area contributed by atoms with Crippen molar-refractivity contribution >= 4 is 10.0 Å². The molecular weight excluding hydrogens is 284 g/mol. The quantitative estimate of drug-likeness (QED) is 0.630. The van der Waals surface area contributed by atoms with Crippen LogP contribution in [0.25, 0.3) is 0 Å². The standard InChI is InChI=1S/C10H14N6O3S/c17-20(18,14-5-9-12-6-19-16-9)10-7(4-13-15-10)3-11-8-1-2-8/h4,6,8,11,14H,1-3,5H2,(H,13,15). The molecule has 2 aromatic heterocycles. The molecule has 10 heteroatoms. The zero-order valence-electron chi connectivity index (χ0n) is 10.5. The van der Waals surface area contributed by atoms with E-state index in [1.54, 1.807) is 0 Å². The number of hydrogen-bond donors (Lipinski definition) is 3. The molecule has 0 spiro atoms. The molecule has 3 rings (SSSR count). The van der Waals surface area contributed by atoms with Crippen molar-refractivity contribution in [3.8, 4) is 0 Å². The van der Waals surface area contributed by atoms with Gasteiger partial charge in [0.1, 0.15) is 0 Å². The molecule has 20 heavy (non-hydrogen) atoms. The molecule has 1 fully saturated rings. The second-order valence-corrected chi connectivity index (χ2v) is 6.26. The summed E-state index contributed by atoms with van der Waals surface area (Å²) in [7, 11) is -3.68. The average molecular weight is 298 g/mol. The summed E-state index contributed by atoms with van der Waals surface area (Å²) in [6, 6.07) is 0.493. The van der Waals surface area contributed by atoms with Gasteiger partial charge in [0.15, 0.2) is 10.9 Å². The number of sulfonamides is 1. The number of rotatable bonds is 7. The van der Waals surface area contributed by atoms with Crippen molar-refractivity contribution in [3.63, 3.8) is 0 Å². The largest absolute Gasteiger partial charge is 0.343 e. The molecule has 0 atom stereocenters. The molecule has 0 amide bonds. The highest BCUT2D eigenvalue weighted by molar-refractivity contribution is 7.89. The first-order valence-electron chi connectivity index (χ1n) is 6.16. The molecule has 2 aromatic rings. The second-order valence-electron chi connectivity index (χ2n) is 4.55. The van der Waals surface area contributed by atoms with Gasteiger partial charge in [-0.1, -0.05) is 5.16 Å². The second kappa shape index (κ2) is 5.31. The maximum absolute atomic E-state index is 12.2. The van der Waals surface area contributed by atoms with Crippen LogP contribution in [0.3, 0.4) is 0 Å². The van der Waals surface area contributed by atoms with Crippen molar-refractivity contribution in [2.45, 2.75) is 37.0 Å². The van der Waals surface area contributed by atoms with Gasteiger partial charge in [0, 0.05) is 18.2 Å². The summed E-state index contributed by atoms with van der Waals surface area (Å²) in [6.07, 6.45) is 4.93. The Kier molecular flexibility index (Phi) is 3.51. The summed E-state index contributed by atoms with van der Waals surface area (Å²) in [5, 5.41) is 13.2. The van der Waals surface area contributed by atoms with E-state index < -0.39 is 10.0 Å². The Morgan fingerprint density at radius 1 is 1.40 bits per heavy atom. The minimum absolute atomic E-state index is 0.0344. The third kappa shape index (κ3) is 3.03. The molecular formula is C10H14N6O3S. The number of nitrogens with zero attached hydrogens (tertiary/aromatic N) is 3. The van der Waals surface area contributed by atoms with Crippen LogP contribution in [0.1, 0.15) is 24.2 Å². The minimum Gasteiger partial charge on any atom is -0.343 e. The highest BCUT2D eigenvalue weighted by Crippen LogP contribution is 2.20. The Morgan fingerprint density at radius 3 is 2.95 bits per heavy atom. The van der Waals surface area contributed by atoms with Crippen LogP contribution in [0.5, 0.6) is 0 Å². The van der Waals surface area contributed by atoms with Gasteiger partial charge in [-0.3, -0.25) is 5.10 Å². The van der Waals surface area contributed by atoms with Gasteiger partial charge in [-0.25, -0.2) is 13.1 Å². The lowest BCUT2D eigenvalue weighted by Crippen LogP contribution is -2.26. The van der Waals surface area contributed by atoms with Gasteiger partial charge < -0.3 is 9.84 Å². The lowest BCUT2D eigenvalue weighted by atomic mass is 10.3. The van der Waals surface area contributed by atoms with Gasteiger partial charge in [-0.05, 0) is 12.8 Å². The third-order valence-electron chi connectivity index (χ3n) is 2.93. The summed E-state index contributed by atoms with van der Waals surface area (Å²) in [4.78, 5) is 3.75. The zero-order chi connectivity index (χ0) is 14.0. The monoisotopic (exact) mass is 298 g/mol. The van der Waals surface area contributed by atoms with Crippen LogP contribution in [-0.4, -0.2) is 34.8 Å². The molecule has 108 valence electrons. The van der Waals surface area contributed by atoms with Gasteiger partial charge in [-0.2, -0.15) is 10.1 Å². The normalized spacial score (nSPS) is 15.6. The third-order valence-corrected chi connectivity index (χ3v) is 4.35. The van der Waals surface area contributed by atoms with Gasteiger partial charge in [0.25, 0.3) is 10.0 Å². The molecule has 0 aromatic carbocycles. The number of aromatic amines is 1. The fourth-order valence-corrected chi connectivity index (χ4v) is 2.81. The smallest absolute Gasteiger partial charge is 0.258 e. The Morgan fingerprint density at radius 2 is 2.25 bits per heavy atom. The van der Waals surface area contributed by atoms with Crippen LogP contribution >= 0.6 is 0 Å². The first kappa shape index (κ1) is 13.2. The first-order valence-corrected chi connectivity index (χ1v) is 7.64. The van der Waals surface area contributed by atoms with Crippen molar-refractivity contribution < 1.29 is 12.9 Å². The SMILES string of the molecule is O=S(=O)(NCc1ncon1)c1[nH]ncc1CNC1CC1. The maximum Gasteiger partial charge on any atom is 0.258 e. The summed E-state index contributed by atoms with van der Waals surface area (Å²) in [6.45, 7) is 0.437. The number of aromatic nitrogens is 4. The van der Waals surface area contributed by atoms with Crippen LogP contribution in [0.4, 0.5) is 0 Å². The van der Waals surface area contributed by atoms with E-state index in [4.69, 9.17) is 0 Å². The highest BCUT2D eigenvalue weighted by atomic mass is 32.2. The molecule has 3 N–H and O–H groups in total. The van der Waals surface area contributed by atoms with Crippen molar-refractivity contribution in [1.82, 2.24) is 30.4 Å². The molecule has 0 aliphatic heterocycles. The fourth-order valence-electron chi connectivity index (χ4n) is 1.70. The summed E-state index contributed by atoms with van der Waals surface area (Å²) >= 11 is 0. The van der Waals surface area contributed by atoms with E-state index in [0.717, 1.165) is 19.2 Å². The van der Waals surface area contributed by atoms with Crippen molar-refractivity contribution in [2.24, 2.45) is 0 Å². The zero-order valence-corrected chi connectivity index (χ0v) is 11.4. The van der Waals surface area contributed by atoms with E-state index in [9.17, 15) is 8.42 Å². The molecule has 0 unspecified atom stereocenters. The minimum atomic E-state index is -3.68.